The minimum atomic E-state index is -0.402. The van der Waals surface area contributed by atoms with E-state index in [0.717, 1.165) is 6.42 Å². The Morgan fingerprint density at radius 2 is 1.89 bits per heavy atom. The number of aromatic nitrogens is 1. The highest BCUT2D eigenvalue weighted by atomic mass is 35.5. The third-order valence-corrected chi connectivity index (χ3v) is 4.97. The molecule has 1 atom stereocenters. The summed E-state index contributed by atoms with van der Waals surface area (Å²) in [7, 11) is 0. The smallest absolute Gasteiger partial charge is 0.241 e. The molecule has 0 unspecified atom stereocenters. The summed E-state index contributed by atoms with van der Waals surface area (Å²) in [5.41, 5.74) is 0.493. The van der Waals surface area contributed by atoms with Crippen LogP contribution in [0, 0.1) is 0 Å². The molecule has 0 saturated carbocycles. The Hall–Kier alpha value is -1.86. The first-order valence-corrected chi connectivity index (χ1v) is 9.47. The molecule has 9 heteroatoms. The maximum absolute atomic E-state index is 12.6. The van der Waals surface area contributed by atoms with Gasteiger partial charge in [-0.15, -0.1) is 0 Å². The Morgan fingerprint density at radius 3 is 2.59 bits per heavy atom. The van der Waals surface area contributed by atoms with Gasteiger partial charge in [-0.05, 0) is 49.7 Å². The van der Waals surface area contributed by atoms with E-state index in [1.165, 1.54) is 6.20 Å². The van der Waals surface area contributed by atoms with Gasteiger partial charge in [-0.2, -0.15) is 0 Å². The maximum atomic E-state index is 12.6. The van der Waals surface area contributed by atoms with Crippen LogP contribution in [0.3, 0.4) is 0 Å². The molecule has 2 N–H and O–H groups in total. The number of pyridine rings is 1. The number of nitrogens with one attached hydrogen (secondary N) is 2. The van der Waals surface area contributed by atoms with Gasteiger partial charge in [0.25, 0.3) is 0 Å². The highest BCUT2D eigenvalue weighted by Gasteiger charge is 2.32. The van der Waals surface area contributed by atoms with Crippen LogP contribution in [0.4, 0.5) is 11.5 Å². The van der Waals surface area contributed by atoms with E-state index in [-0.39, 0.29) is 18.4 Å². The number of nitrogens with zero attached hydrogens (tertiary/aromatic N) is 2. The van der Waals surface area contributed by atoms with Crippen molar-refractivity contribution < 1.29 is 9.59 Å². The van der Waals surface area contributed by atoms with Crippen LogP contribution in [-0.4, -0.2) is 40.8 Å². The van der Waals surface area contributed by atoms with E-state index in [4.69, 9.17) is 34.8 Å². The molecule has 2 heterocycles. The van der Waals surface area contributed by atoms with Crippen LogP contribution in [0.1, 0.15) is 12.8 Å². The van der Waals surface area contributed by atoms with Gasteiger partial charge in [-0.1, -0.05) is 34.8 Å². The van der Waals surface area contributed by atoms with Gasteiger partial charge in [-0.3, -0.25) is 14.5 Å². The highest BCUT2D eigenvalue weighted by Crippen LogP contribution is 2.27. The number of rotatable bonds is 5. The van der Waals surface area contributed by atoms with Gasteiger partial charge in [0.05, 0.1) is 28.3 Å². The van der Waals surface area contributed by atoms with Crippen molar-refractivity contribution in [3.63, 3.8) is 0 Å². The van der Waals surface area contributed by atoms with Crippen molar-refractivity contribution in [3.8, 4) is 0 Å². The van der Waals surface area contributed by atoms with Gasteiger partial charge in [0, 0.05) is 11.2 Å². The van der Waals surface area contributed by atoms with Crippen LogP contribution in [0.2, 0.25) is 15.1 Å². The minimum absolute atomic E-state index is 0.0940. The summed E-state index contributed by atoms with van der Waals surface area (Å²) in [4.78, 5) is 30.8. The quantitative estimate of drug-likeness (QED) is 0.754. The molecule has 27 heavy (non-hydrogen) atoms. The van der Waals surface area contributed by atoms with Gasteiger partial charge in [-0.25, -0.2) is 4.98 Å². The normalized spacial score (nSPS) is 16.9. The lowest BCUT2D eigenvalue weighted by Gasteiger charge is -2.23. The van der Waals surface area contributed by atoms with E-state index in [1.54, 1.807) is 30.3 Å². The zero-order valence-corrected chi connectivity index (χ0v) is 16.5. The average Bonchev–Trinajstić information content (AvgIpc) is 3.07. The Kier molecular flexibility index (Phi) is 6.55. The zero-order valence-electron chi connectivity index (χ0n) is 14.2. The number of hydrogen-bond acceptors (Lipinski definition) is 4. The lowest BCUT2D eigenvalue weighted by atomic mass is 10.2. The van der Waals surface area contributed by atoms with Crippen molar-refractivity contribution in [1.29, 1.82) is 0 Å². The Balaban J connectivity index is 1.59. The fraction of sp³-hybridized carbons (Fsp3) is 0.278. The van der Waals surface area contributed by atoms with Gasteiger partial charge >= 0.3 is 0 Å². The largest absolute Gasteiger partial charge is 0.323 e. The summed E-state index contributed by atoms with van der Waals surface area (Å²) in [5, 5.41) is 6.86. The molecule has 2 aromatic rings. The van der Waals surface area contributed by atoms with Crippen molar-refractivity contribution in [3.05, 3.63) is 51.6 Å². The minimum Gasteiger partial charge on any atom is -0.323 e. The zero-order chi connectivity index (χ0) is 19.4. The molecule has 2 amide bonds. The van der Waals surface area contributed by atoms with Crippen LogP contribution in [0.5, 0.6) is 0 Å². The molecule has 6 nitrogen and oxygen atoms in total. The van der Waals surface area contributed by atoms with Crippen molar-refractivity contribution in [2.24, 2.45) is 0 Å². The molecule has 1 aliphatic heterocycles. The number of likely N-dealkylation sites (tertiary alicyclic amines) is 1. The predicted octanol–water partition coefficient (Wildman–Crippen LogP) is 4.08. The summed E-state index contributed by atoms with van der Waals surface area (Å²) < 4.78 is 0. The van der Waals surface area contributed by atoms with Crippen LogP contribution >= 0.6 is 34.8 Å². The number of carbonyl (C=O) groups excluding carboxylic acids is 2. The Morgan fingerprint density at radius 1 is 1.11 bits per heavy atom. The summed E-state index contributed by atoms with van der Waals surface area (Å²) in [6, 6.07) is 7.74. The molecule has 0 radical (unpaired) electrons. The molecule has 0 bridgehead atoms. The number of carbonyl (C=O) groups is 2. The third-order valence-electron chi connectivity index (χ3n) is 4.20. The van der Waals surface area contributed by atoms with Crippen molar-refractivity contribution in [1.82, 2.24) is 9.88 Å². The second-order valence-corrected chi connectivity index (χ2v) is 7.43. The lowest BCUT2D eigenvalue weighted by Crippen LogP contribution is -2.43. The van der Waals surface area contributed by atoms with Gasteiger partial charge in [0.15, 0.2) is 0 Å². The molecule has 1 saturated heterocycles. The number of halogens is 3. The maximum Gasteiger partial charge on any atom is 0.241 e. The van der Waals surface area contributed by atoms with Crippen molar-refractivity contribution in [2.45, 2.75) is 18.9 Å². The number of hydrogen-bond donors (Lipinski definition) is 2. The molecular weight excluding hydrogens is 411 g/mol. The first-order chi connectivity index (χ1) is 12.9. The summed E-state index contributed by atoms with van der Waals surface area (Å²) >= 11 is 17.8. The summed E-state index contributed by atoms with van der Waals surface area (Å²) in [5.74, 6) is -0.0271. The van der Waals surface area contributed by atoms with Crippen molar-refractivity contribution >= 4 is 58.1 Å². The molecule has 142 valence electrons. The van der Waals surface area contributed by atoms with Gasteiger partial charge in [0.2, 0.25) is 11.8 Å². The van der Waals surface area contributed by atoms with Gasteiger partial charge < -0.3 is 10.6 Å². The van der Waals surface area contributed by atoms with Crippen LogP contribution in [0.25, 0.3) is 0 Å². The Bertz CT molecular complexity index is 845. The first kappa shape index (κ1) is 19.9. The topological polar surface area (TPSA) is 74.3 Å². The SMILES string of the molecule is O=C(CN1CCC[C@@H]1C(=O)Nc1ccc(Cl)cc1Cl)Nc1ccc(Cl)cn1. The second-order valence-electron chi connectivity index (χ2n) is 6.15. The van der Waals surface area contributed by atoms with E-state index < -0.39 is 6.04 Å². The molecule has 1 aliphatic rings. The molecule has 0 aliphatic carbocycles. The fourth-order valence-corrected chi connectivity index (χ4v) is 3.50. The number of anilines is 2. The van der Waals surface area contributed by atoms with Crippen molar-refractivity contribution in [2.75, 3.05) is 23.7 Å². The van der Waals surface area contributed by atoms with Crippen LogP contribution in [0.15, 0.2) is 36.5 Å². The third kappa shape index (κ3) is 5.32. The summed E-state index contributed by atoms with van der Waals surface area (Å²) in [6.07, 6.45) is 2.96. The highest BCUT2D eigenvalue weighted by molar-refractivity contribution is 6.36. The van der Waals surface area contributed by atoms with E-state index >= 15 is 0 Å². The van der Waals surface area contributed by atoms with Crippen LogP contribution < -0.4 is 10.6 Å². The molecule has 1 aromatic carbocycles. The lowest BCUT2D eigenvalue weighted by molar-refractivity contribution is -0.122. The van der Waals surface area contributed by atoms with Gasteiger partial charge in [0.1, 0.15) is 5.82 Å². The second kappa shape index (κ2) is 8.89. The van der Waals surface area contributed by atoms with E-state index in [0.29, 0.717) is 39.5 Å². The summed E-state index contributed by atoms with van der Waals surface area (Å²) in [6.45, 7) is 0.755. The fourth-order valence-electron chi connectivity index (χ4n) is 2.94. The van der Waals surface area contributed by atoms with Crippen LogP contribution in [-0.2, 0) is 9.59 Å². The standard InChI is InChI=1S/C18H17Cl3N4O2/c19-11-3-5-14(13(21)8-11)23-18(27)15-2-1-7-25(15)10-17(26)24-16-6-4-12(20)9-22-16/h3-6,8-9,15H,1-2,7,10H2,(H,23,27)(H,22,24,26)/t15-/m1/s1. The monoisotopic (exact) mass is 426 g/mol. The van der Waals surface area contributed by atoms with E-state index in [2.05, 4.69) is 15.6 Å². The molecule has 1 aromatic heterocycles. The Labute approximate surface area is 171 Å². The molecule has 0 spiro atoms. The molecule has 3 rings (SSSR count). The molecular formula is C18H17Cl3N4O2. The predicted molar refractivity (Wildman–Crippen MR) is 108 cm³/mol. The van der Waals surface area contributed by atoms with E-state index in [9.17, 15) is 9.59 Å². The number of benzene rings is 1. The number of amides is 2. The molecule has 1 fully saturated rings. The first-order valence-electron chi connectivity index (χ1n) is 8.34. The van der Waals surface area contributed by atoms with E-state index in [1.807, 2.05) is 4.90 Å². The average molecular weight is 428 g/mol.